The predicted octanol–water partition coefficient (Wildman–Crippen LogP) is 2.25. The molecule has 2 amide bonds. The lowest BCUT2D eigenvalue weighted by molar-refractivity contribution is -0.129. The zero-order chi connectivity index (χ0) is 19.8. The predicted molar refractivity (Wildman–Crippen MR) is 106 cm³/mol. The van der Waals surface area contributed by atoms with Gasteiger partial charge in [-0.2, -0.15) is 0 Å². The topological polar surface area (TPSA) is 86.6 Å². The molecule has 0 spiro atoms. The van der Waals surface area contributed by atoms with Crippen LogP contribution in [0.3, 0.4) is 0 Å². The van der Waals surface area contributed by atoms with E-state index in [0.29, 0.717) is 25.2 Å². The van der Waals surface area contributed by atoms with E-state index in [4.69, 9.17) is 4.42 Å². The molecule has 0 saturated carbocycles. The van der Waals surface area contributed by atoms with Crippen LogP contribution in [0.15, 0.2) is 53.1 Å². The van der Waals surface area contributed by atoms with E-state index in [0.717, 1.165) is 19.3 Å². The minimum absolute atomic E-state index is 0.0272. The number of benzene rings is 1. The molecule has 1 aliphatic heterocycles. The van der Waals surface area contributed by atoms with Gasteiger partial charge in [-0.05, 0) is 37.0 Å². The smallest absolute Gasteiger partial charge is 0.286 e. The zero-order valence-electron chi connectivity index (χ0n) is 16.2. The Labute approximate surface area is 165 Å². The second-order valence-electron chi connectivity index (χ2n) is 7.13. The Kier molecular flexibility index (Phi) is 7.22. The summed E-state index contributed by atoms with van der Waals surface area (Å²) in [5.74, 6) is -0.0140. The molecule has 2 unspecified atom stereocenters. The monoisotopic (exact) mass is 384 g/mol. The third-order valence-electron chi connectivity index (χ3n) is 5.03. The molecule has 150 valence electrons. The van der Waals surface area contributed by atoms with Crippen molar-refractivity contribution in [2.75, 3.05) is 20.1 Å². The number of nitrogens with one attached hydrogen (secondary N) is 3. The van der Waals surface area contributed by atoms with Crippen LogP contribution >= 0.6 is 0 Å². The van der Waals surface area contributed by atoms with E-state index in [1.165, 1.54) is 11.8 Å². The first-order chi connectivity index (χ1) is 13.6. The molecule has 0 radical (unpaired) electrons. The summed E-state index contributed by atoms with van der Waals surface area (Å²) in [6.07, 6.45) is 4.71. The van der Waals surface area contributed by atoms with E-state index in [2.05, 4.69) is 40.4 Å². The van der Waals surface area contributed by atoms with Crippen LogP contribution in [0.4, 0.5) is 0 Å². The van der Waals surface area contributed by atoms with Crippen molar-refractivity contribution < 1.29 is 14.0 Å². The number of carbonyl (C=O) groups excluding carboxylic acids is 2. The van der Waals surface area contributed by atoms with E-state index < -0.39 is 0 Å². The van der Waals surface area contributed by atoms with Gasteiger partial charge in [0.15, 0.2) is 5.76 Å². The fourth-order valence-electron chi connectivity index (χ4n) is 3.38. The molecule has 0 bridgehead atoms. The second-order valence-corrected chi connectivity index (χ2v) is 7.13. The summed E-state index contributed by atoms with van der Waals surface area (Å²) in [6, 6.07) is 14.4. The lowest BCUT2D eigenvalue weighted by Gasteiger charge is -2.18. The Bertz CT molecular complexity index is 748. The van der Waals surface area contributed by atoms with Crippen LogP contribution in [0.25, 0.3) is 0 Å². The largest absolute Gasteiger partial charge is 0.459 e. The number of carbonyl (C=O) groups is 2. The summed E-state index contributed by atoms with van der Waals surface area (Å²) in [6.45, 7) is 1.01. The van der Waals surface area contributed by atoms with Gasteiger partial charge >= 0.3 is 0 Å². The summed E-state index contributed by atoms with van der Waals surface area (Å²) < 4.78 is 5.02. The summed E-state index contributed by atoms with van der Waals surface area (Å²) in [5, 5.41) is 2.69. The molecule has 1 aliphatic rings. The van der Waals surface area contributed by atoms with Crippen LogP contribution in [-0.4, -0.2) is 42.9 Å². The first kappa shape index (κ1) is 20.1. The SMILES string of the molecule is CN(CCCC1CC(c2ccccc2)NN1)C(=O)CCNC(=O)c1ccco1. The number of hydrogen-bond donors (Lipinski definition) is 3. The van der Waals surface area contributed by atoms with Crippen LogP contribution in [0.5, 0.6) is 0 Å². The standard InChI is InChI=1S/C21H28N4O3/c1-25(20(26)11-12-22-21(27)19-10-6-14-28-19)13-5-9-17-15-18(24-23-17)16-7-3-2-4-8-16/h2-4,6-8,10,14,17-18,23-24H,5,9,11-13,15H2,1H3,(H,22,27). The van der Waals surface area contributed by atoms with Crippen molar-refractivity contribution in [3.63, 3.8) is 0 Å². The van der Waals surface area contributed by atoms with Gasteiger partial charge in [0.1, 0.15) is 0 Å². The molecule has 7 heteroatoms. The van der Waals surface area contributed by atoms with Crippen LogP contribution in [-0.2, 0) is 4.79 Å². The normalized spacial score (nSPS) is 18.8. The first-order valence-electron chi connectivity index (χ1n) is 9.75. The molecule has 0 aliphatic carbocycles. The van der Waals surface area contributed by atoms with Crippen molar-refractivity contribution >= 4 is 11.8 Å². The average molecular weight is 384 g/mol. The third-order valence-corrected chi connectivity index (χ3v) is 5.03. The van der Waals surface area contributed by atoms with E-state index in [1.807, 2.05) is 13.1 Å². The van der Waals surface area contributed by atoms with Crippen molar-refractivity contribution in [1.82, 2.24) is 21.1 Å². The van der Waals surface area contributed by atoms with Crippen molar-refractivity contribution in [3.05, 3.63) is 60.1 Å². The van der Waals surface area contributed by atoms with Gasteiger partial charge in [-0.25, -0.2) is 0 Å². The van der Waals surface area contributed by atoms with Gasteiger partial charge in [0.25, 0.3) is 5.91 Å². The zero-order valence-corrected chi connectivity index (χ0v) is 16.2. The fourth-order valence-corrected chi connectivity index (χ4v) is 3.38. The van der Waals surface area contributed by atoms with E-state index in [9.17, 15) is 9.59 Å². The van der Waals surface area contributed by atoms with Gasteiger partial charge in [-0.3, -0.25) is 20.4 Å². The molecule has 28 heavy (non-hydrogen) atoms. The number of hydrogen-bond acceptors (Lipinski definition) is 5. The molecule has 1 aromatic carbocycles. The highest BCUT2D eigenvalue weighted by Crippen LogP contribution is 2.23. The minimum atomic E-state index is -0.298. The average Bonchev–Trinajstić information content (AvgIpc) is 3.41. The van der Waals surface area contributed by atoms with Crippen molar-refractivity contribution in [3.8, 4) is 0 Å². The summed E-state index contributed by atoms with van der Waals surface area (Å²) in [4.78, 5) is 25.7. The Morgan fingerprint density at radius 3 is 2.75 bits per heavy atom. The lowest BCUT2D eigenvalue weighted by Crippen LogP contribution is -2.34. The molecule has 1 saturated heterocycles. The number of amides is 2. The third kappa shape index (κ3) is 5.68. The summed E-state index contributed by atoms with van der Waals surface area (Å²) >= 11 is 0. The molecule has 2 heterocycles. The minimum Gasteiger partial charge on any atom is -0.459 e. The molecule has 3 N–H and O–H groups in total. The quantitative estimate of drug-likeness (QED) is 0.617. The molecule has 1 aromatic heterocycles. The number of hydrazine groups is 1. The van der Waals surface area contributed by atoms with Crippen LogP contribution in [0.2, 0.25) is 0 Å². The maximum atomic E-state index is 12.2. The van der Waals surface area contributed by atoms with Crippen molar-refractivity contribution in [1.29, 1.82) is 0 Å². The van der Waals surface area contributed by atoms with Gasteiger partial charge in [-0.15, -0.1) is 0 Å². The van der Waals surface area contributed by atoms with Crippen LogP contribution in [0.1, 0.15) is 47.8 Å². The van der Waals surface area contributed by atoms with E-state index >= 15 is 0 Å². The maximum absolute atomic E-state index is 12.2. The van der Waals surface area contributed by atoms with Gasteiger partial charge in [0.2, 0.25) is 5.91 Å². The summed E-state index contributed by atoms with van der Waals surface area (Å²) in [7, 11) is 1.81. The summed E-state index contributed by atoms with van der Waals surface area (Å²) in [5.41, 5.74) is 8.01. The Morgan fingerprint density at radius 1 is 1.18 bits per heavy atom. The molecule has 2 aromatic rings. The van der Waals surface area contributed by atoms with Crippen LogP contribution < -0.4 is 16.2 Å². The Hall–Kier alpha value is -2.64. The maximum Gasteiger partial charge on any atom is 0.286 e. The van der Waals surface area contributed by atoms with Crippen molar-refractivity contribution in [2.45, 2.75) is 37.8 Å². The molecular formula is C21H28N4O3. The second kappa shape index (κ2) is 10.1. The van der Waals surface area contributed by atoms with Crippen molar-refractivity contribution in [2.24, 2.45) is 0 Å². The molecule has 7 nitrogen and oxygen atoms in total. The Morgan fingerprint density at radius 2 is 2.00 bits per heavy atom. The van der Waals surface area contributed by atoms with Gasteiger partial charge in [-0.1, -0.05) is 30.3 Å². The van der Waals surface area contributed by atoms with Crippen LogP contribution in [0, 0.1) is 0 Å². The molecular weight excluding hydrogens is 356 g/mol. The lowest BCUT2D eigenvalue weighted by atomic mass is 10.00. The number of furan rings is 1. The Balaban J connectivity index is 1.29. The molecule has 3 rings (SSSR count). The highest BCUT2D eigenvalue weighted by molar-refractivity contribution is 5.91. The first-order valence-corrected chi connectivity index (χ1v) is 9.75. The fraction of sp³-hybridized carbons (Fsp3) is 0.429. The number of nitrogens with zero attached hydrogens (tertiary/aromatic N) is 1. The molecule has 2 atom stereocenters. The van der Waals surface area contributed by atoms with Gasteiger partial charge in [0.05, 0.1) is 6.26 Å². The van der Waals surface area contributed by atoms with Gasteiger partial charge < -0.3 is 14.6 Å². The highest BCUT2D eigenvalue weighted by Gasteiger charge is 2.24. The van der Waals surface area contributed by atoms with E-state index in [1.54, 1.807) is 17.0 Å². The molecule has 1 fully saturated rings. The van der Waals surface area contributed by atoms with E-state index in [-0.39, 0.29) is 24.0 Å². The van der Waals surface area contributed by atoms with Gasteiger partial charge in [0, 0.05) is 38.6 Å². The number of rotatable bonds is 9. The highest BCUT2D eigenvalue weighted by atomic mass is 16.3.